The first kappa shape index (κ1) is 53.0. The Morgan fingerprint density at radius 3 is 1.16 bits per heavy atom. The van der Waals surface area contributed by atoms with Gasteiger partial charge in [-0.3, -0.25) is 0 Å². The monoisotopic (exact) mass is 695 g/mol. The zero-order valence-corrected chi connectivity index (χ0v) is 29.2. The van der Waals surface area contributed by atoms with Gasteiger partial charge in [0.2, 0.25) is 0 Å². The molecule has 0 saturated heterocycles. The molecule has 0 aromatic carbocycles. The standard InChI is InChI=1S/C10H22N2O2.C7H16N2O2.C5H15N2.CH4O.2ClH.HI/c1-10(2,3)14-9(13)11-7-8-12(4,5)6;1-7(2,3)11-6(10)9-5-4-8;1-7(2,3)5-4-6;1-2;;;/h7-8H2,1-6H3;4-5,8H2,1-3H3,(H,9,10);4-6H2,1-3H3;2H,1H3;3*1H/q;;+1;;;;/p-2. The average molecular weight is 697 g/mol. The molecule has 232 valence electrons. The fraction of sp³-hybridized carbons (Fsp3) is 0.913. The average Bonchev–Trinajstić information content (AvgIpc) is 2.57. The maximum Gasteiger partial charge on any atom is 0.407 e. The summed E-state index contributed by atoms with van der Waals surface area (Å²) < 4.78 is 11.8. The third kappa shape index (κ3) is 66.4. The maximum absolute atomic E-state index is 11.2. The van der Waals surface area contributed by atoms with Gasteiger partial charge in [0.25, 0.3) is 0 Å². The summed E-state index contributed by atoms with van der Waals surface area (Å²) in [5, 5.41) is 12.2. The summed E-state index contributed by atoms with van der Waals surface area (Å²) in [6.07, 6.45) is -0.756. The van der Waals surface area contributed by atoms with E-state index in [0.29, 0.717) is 19.6 Å². The van der Waals surface area contributed by atoms with Gasteiger partial charge in [-0.1, -0.05) is 0 Å². The van der Waals surface area contributed by atoms with Gasteiger partial charge in [0.05, 0.1) is 61.9 Å². The van der Waals surface area contributed by atoms with Crippen molar-refractivity contribution in [2.75, 3.05) is 88.7 Å². The van der Waals surface area contributed by atoms with E-state index < -0.39 is 17.3 Å². The molecule has 0 heterocycles. The molecule has 0 aromatic rings. The molecule has 0 fully saturated rings. The van der Waals surface area contributed by atoms with Crippen LogP contribution in [-0.4, -0.2) is 126 Å². The lowest BCUT2D eigenvalue weighted by molar-refractivity contribution is -0.869. The van der Waals surface area contributed by atoms with Crippen LogP contribution >= 0.6 is 0 Å². The number of carbonyl (C=O) groups is 2. The maximum atomic E-state index is 11.2. The second-order valence-corrected chi connectivity index (χ2v) is 11.5. The summed E-state index contributed by atoms with van der Waals surface area (Å²) in [6, 6.07) is 0. The van der Waals surface area contributed by atoms with Gasteiger partial charge in [0.1, 0.15) is 11.2 Å². The summed E-state index contributed by atoms with van der Waals surface area (Å²) in [5.74, 6) is 0. The van der Waals surface area contributed by atoms with Crippen LogP contribution in [0.5, 0.6) is 0 Å². The predicted molar refractivity (Wildman–Crippen MR) is 141 cm³/mol. The van der Waals surface area contributed by atoms with Crippen LogP contribution in [0.4, 0.5) is 9.59 Å². The number of hydrogen-bond donors (Lipinski definition) is 5. The van der Waals surface area contributed by atoms with Crippen molar-refractivity contribution in [1.82, 2.24) is 10.6 Å². The van der Waals surface area contributed by atoms with Gasteiger partial charge >= 0.3 is 12.2 Å². The van der Waals surface area contributed by atoms with E-state index in [1.807, 2.05) is 41.5 Å². The molecule has 0 aromatic heterocycles. The first-order valence-corrected chi connectivity index (χ1v) is 11.5. The predicted octanol–water partition coefficient (Wildman–Crippen LogP) is -8.04. The molecule has 0 spiro atoms. The van der Waals surface area contributed by atoms with E-state index in [4.69, 9.17) is 26.0 Å². The number of nitrogens with zero attached hydrogens (tertiary/aromatic N) is 2. The summed E-state index contributed by atoms with van der Waals surface area (Å²) in [4.78, 5) is 22.0. The minimum Gasteiger partial charge on any atom is -1.00 e. The third-order valence-electron chi connectivity index (χ3n) is 3.06. The fourth-order valence-electron chi connectivity index (χ4n) is 1.68. The molecule has 0 aliphatic carbocycles. The number of aliphatic hydroxyl groups excluding tert-OH is 1. The van der Waals surface area contributed by atoms with Crippen LogP contribution in [0.2, 0.25) is 0 Å². The molecule has 0 rings (SSSR count). The number of likely N-dealkylation sites (N-methyl/N-ethyl adjacent to an activating group) is 2. The number of aliphatic hydroxyl groups is 1. The van der Waals surface area contributed by atoms with Crippen molar-refractivity contribution in [1.29, 1.82) is 0 Å². The molecule has 0 unspecified atom stereocenters. The molecule has 37 heavy (non-hydrogen) atoms. The Labute approximate surface area is 256 Å². The van der Waals surface area contributed by atoms with Crippen LogP contribution < -0.4 is 70.9 Å². The van der Waals surface area contributed by atoms with E-state index in [9.17, 15) is 9.59 Å². The highest BCUT2D eigenvalue weighted by Gasteiger charge is 2.16. The quantitative estimate of drug-likeness (QED) is 0.131. The SMILES string of the molecule is CC(C)(C)OC(=O)NCCN.CC(C)(C)OC(=O)NCC[N+](C)(C)C.CO.C[N+](C)(C)CCN.[Cl-].[Cl-].[I-]. The number of quaternary nitrogens is 2. The number of hydrogen-bond acceptors (Lipinski definition) is 7. The molecule has 0 bridgehead atoms. The lowest BCUT2D eigenvalue weighted by Crippen LogP contribution is -3.00. The zero-order valence-electron chi connectivity index (χ0n) is 25.5. The molecular weight excluding hydrogens is 638 g/mol. The number of rotatable bonds is 7. The van der Waals surface area contributed by atoms with Crippen molar-refractivity contribution in [3.8, 4) is 0 Å². The first-order valence-electron chi connectivity index (χ1n) is 11.5. The number of halogens is 3. The van der Waals surface area contributed by atoms with Crippen LogP contribution in [-0.2, 0) is 9.47 Å². The molecule has 0 saturated carbocycles. The largest absolute Gasteiger partial charge is 1.00 e. The smallest absolute Gasteiger partial charge is 0.407 e. The second kappa shape index (κ2) is 27.2. The van der Waals surface area contributed by atoms with E-state index in [-0.39, 0.29) is 54.9 Å². The molecule has 2 amide bonds. The summed E-state index contributed by atoms with van der Waals surface area (Å²) in [6.45, 7) is 15.2. The lowest BCUT2D eigenvalue weighted by Gasteiger charge is -2.24. The molecule has 0 atom stereocenters. The van der Waals surface area contributed by atoms with E-state index in [2.05, 4.69) is 52.9 Å². The first-order chi connectivity index (χ1) is 15.1. The Morgan fingerprint density at radius 1 is 0.676 bits per heavy atom. The minimum atomic E-state index is -0.432. The summed E-state index contributed by atoms with van der Waals surface area (Å²) in [5.41, 5.74) is 9.62. The minimum absolute atomic E-state index is 0. The summed E-state index contributed by atoms with van der Waals surface area (Å²) in [7, 11) is 13.6. The highest BCUT2D eigenvalue weighted by molar-refractivity contribution is 5.67. The van der Waals surface area contributed by atoms with Gasteiger partial charge in [-0.15, -0.1) is 0 Å². The Hall–Kier alpha value is -0.350. The van der Waals surface area contributed by atoms with Crippen molar-refractivity contribution < 1.29 is 81.9 Å². The van der Waals surface area contributed by atoms with Crippen molar-refractivity contribution in [3.63, 3.8) is 0 Å². The fourth-order valence-corrected chi connectivity index (χ4v) is 1.68. The molecule has 11 nitrogen and oxygen atoms in total. The van der Waals surface area contributed by atoms with Gasteiger partial charge in [-0.05, 0) is 41.5 Å². The molecule has 0 radical (unpaired) electrons. The highest BCUT2D eigenvalue weighted by Crippen LogP contribution is 2.06. The Kier molecular flexibility index (Phi) is 39.0. The van der Waals surface area contributed by atoms with Gasteiger partial charge in [-0.25, -0.2) is 9.59 Å². The van der Waals surface area contributed by atoms with E-state index in [0.717, 1.165) is 35.7 Å². The van der Waals surface area contributed by atoms with Crippen molar-refractivity contribution in [2.24, 2.45) is 11.5 Å². The van der Waals surface area contributed by atoms with Gasteiger partial charge in [0.15, 0.2) is 0 Å². The Bertz CT molecular complexity index is 522. The van der Waals surface area contributed by atoms with Crippen molar-refractivity contribution >= 4 is 12.2 Å². The number of nitrogens with two attached hydrogens (primary N) is 2. The number of carbonyl (C=O) groups excluding carboxylic acids is 2. The van der Waals surface area contributed by atoms with Crippen LogP contribution in [0.25, 0.3) is 0 Å². The third-order valence-corrected chi connectivity index (χ3v) is 3.06. The Morgan fingerprint density at radius 2 is 0.973 bits per heavy atom. The normalized spacial score (nSPS) is 10.4. The van der Waals surface area contributed by atoms with Gasteiger partial charge < -0.3 is 94.4 Å². The van der Waals surface area contributed by atoms with Crippen molar-refractivity contribution in [2.45, 2.75) is 52.7 Å². The molecule has 0 aliphatic rings. The van der Waals surface area contributed by atoms with E-state index in [1.54, 1.807) is 0 Å². The van der Waals surface area contributed by atoms with E-state index in [1.165, 1.54) is 0 Å². The van der Waals surface area contributed by atoms with Gasteiger partial charge in [-0.2, -0.15) is 0 Å². The molecule has 14 heteroatoms. The lowest BCUT2D eigenvalue weighted by atomic mass is 10.2. The molecular formula is C23H58Cl2IN6O5-. The topological polar surface area (TPSA) is 149 Å². The molecule has 7 N–H and O–H groups in total. The van der Waals surface area contributed by atoms with E-state index >= 15 is 0 Å². The van der Waals surface area contributed by atoms with Crippen molar-refractivity contribution in [3.05, 3.63) is 0 Å². The number of alkyl carbamates (subject to hydrolysis) is 2. The number of nitrogens with one attached hydrogen (secondary N) is 2. The second-order valence-electron chi connectivity index (χ2n) is 11.5. The number of ether oxygens (including phenoxy) is 2. The van der Waals surface area contributed by atoms with Crippen LogP contribution in [0, 0.1) is 0 Å². The number of amides is 2. The van der Waals surface area contributed by atoms with Gasteiger partial charge in [0, 0.05) is 26.7 Å². The Balaban J connectivity index is -0.0000000707. The molecule has 0 aliphatic heterocycles. The van der Waals surface area contributed by atoms with Crippen LogP contribution in [0.1, 0.15) is 41.5 Å². The summed E-state index contributed by atoms with van der Waals surface area (Å²) >= 11 is 0. The van der Waals surface area contributed by atoms with Crippen LogP contribution in [0.15, 0.2) is 0 Å². The van der Waals surface area contributed by atoms with Crippen LogP contribution in [0.3, 0.4) is 0 Å². The highest BCUT2D eigenvalue weighted by atomic mass is 127. The zero-order chi connectivity index (χ0) is 28.2.